The number of hydrogen-bond donors (Lipinski definition) is 0. The Labute approximate surface area is 126 Å². The lowest BCUT2D eigenvalue weighted by atomic mass is 9.78. The molecule has 0 spiro atoms. The fraction of sp³-hybridized carbons (Fsp3) is 0.600. The van der Waals surface area contributed by atoms with Crippen molar-refractivity contribution in [1.82, 2.24) is 0 Å². The lowest BCUT2D eigenvalue weighted by molar-refractivity contribution is 0.00578. The smallest absolute Gasteiger partial charge is 0.493 e. The zero-order valence-electron chi connectivity index (χ0n) is 13.0. The van der Waals surface area contributed by atoms with Crippen LogP contribution in [0.5, 0.6) is 5.75 Å². The Bertz CT molecular complexity index is 498. The first-order chi connectivity index (χ1) is 9.19. The molecule has 0 unspecified atom stereocenters. The Hall–Kier alpha value is -0.705. The molecule has 1 fully saturated rings. The minimum atomic E-state index is -0.459. The van der Waals surface area contributed by atoms with E-state index in [9.17, 15) is 0 Å². The summed E-state index contributed by atoms with van der Waals surface area (Å²) >= 11 is 6.36. The Kier molecular flexibility index (Phi) is 4.11. The van der Waals surface area contributed by atoms with E-state index in [0.29, 0.717) is 17.4 Å². The average Bonchev–Trinajstić information content (AvgIpc) is 2.55. The summed E-state index contributed by atoms with van der Waals surface area (Å²) in [5, 5.41) is 0.624. The van der Waals surface area contributed by atoms with Gasteiger partial charge < -0.3 is 14.0 Å². The van der Waals surface area contributed by atoms with Crippen LogP contribution in [0.25, 0.3) is 0 Å². The summed E-state index contributed by atoms with van der Waals surface area (Å²) < 4.78 is 17.8. The summed E-state index contributed by atoms with van der Waals surface area (Å²) in [6, 6.07) is 3.93. The van der Waals surface area contributed by atoms with E-state index >= 15 is 0 Å². The maximum atomic E-state index is 6.36. The number of ether oxygens (including phenoxy) is 1. The fourth-order valence-electron chi connectivity index (χ4n) is 2.12. The molecule has 3 nitrogen and oxygen atoms in total. The average molecular weight is 297 g/mol. The van der Waals surface area contributed by atoms with Crippen LogP contribution in [0, 0.1) is 6.92 Å². The lowest BCUT2D eigenvalue weighted by Gasteiger charge is -2.32. The van der Waals surface area contributed by atoms with Crippen molar-refractivity contribution >= 4 is 24.2 Å². The molecule has 20 heavy (non-hydrogen) atoms. The maximum Gasteiger partial charge on any atom is 0.498 e. The molecular formula is C15H22BClO3. The highest BCUT2D eigenvalue weighted by atomic mass is 35.5. The van der Waals surface area contributed by atoms with E-state index < -0.39 is 7.12 Å². The van der Waals surface area contributed by atoms with Crippen LogP contribution in [-0.4, -0.2) is 24.9 Å². The quantitative estimate of drug-likeness (QED) is 0.801. The second-order valence-corrected chi connectivity index (χ2v) is 6.51. The Balaban J connectivity index is 2.42. The van der Waals surface area contributed by atoms with Crippen molar-refractivity contribution in [2.75, 3.05) is 6.61 Å². The minimum absolute atomic E-state index is 0.376. The van der Waals surface area contributed by atoms with Crippen molar-refractivity contribution in [3.8, 4) is 5.75 Å². The van der Waals surface area contributed by atoms with Crippen molar-refractivity contribution in [1.29, 1.82) is 0 Å². The first-order valence-corrected chi connectivity index (χ1v) is 7.35. The number of benzene rings is 1. The molecule has 0 radical (unpaired) electrons. The summed E-state index contributed by atoms with van der Waals surface area (Å²) in [4.78, 5) is 0. The van der Waals surface area contributed by atoms with Crippen molar-refractivity contribution in [3.63, 3.8) is 0 Å². The Morgan fingerprint density at radius 1 is 1.15 bits per heavy atom. The summed E-state index contributed by atoms with van der Waals surface area (Å²) in [5.74, 6) is 0.660. The fourth-order valence-corrected chi connectivity index (χ4v) is 2.34. The molecule has 0 N–H and O–H groups in total. The second-order valence-electron chi connectivity index (χ2n) is 6.14. The van der Waals surface area contributed by atoms with Crippen molar-refractivity contribution in [3.05, 3.63) is 22.7 Å². The molecule has 0 saturated carbocycles. The van der Waals surface area contributed by atoms with Gasteiger partial charge in [0.15, 0.2) is 0 Å². The molecule has 0 amide bonds. The largest absolute Gasteiger partial charge is 0.498 e. The summed E-state index contributed by atoms with van der Waals surface area (Å²) in [7, 11) is -0.459. The predicted octanol–water partition coefficient (Wildman–Crippen LogP) is 3.35. The van der Waals surface area contributed by atoms with Gasteiger partial charge in [-0.15, -0.1) is 0 Å². The van der Waals surface area contributed by atoms with Gasteiger partial charge in [0.2, 0.25) is 0 Å². The lowest BCUT2D eigenvalue weighted by Crippen LogP contribution is -2.41. The van der Waals surface area contributed by atoms with Gasteiger partial charge in [0.25, 0.3) is 0 Å². The van der Waals surface area contributed by atoms with Gasteiger partial charge in [-0.05, 0) is 47.1 Å². The third kappa shape index (κ3) is 2.57. The van der Waals surface area contributed by atoms with E-state index in [1.54, 1.807) is 0 Å². The van der Waals surface area contributed by atoms with Gasteiger partial charge in [0.1, 0.15) is 5.75 Å². The minimum Gasteiger partial charge on any atom is -0.493 e. The van der Waals surface area contributed by atoms with Crippen LogP contribution in [0.1, 0.15) is 40.2 Å². The van der Waals surface area contributed by atoms with Crippen LogP contribution in [0.3, 0.4) is 0 Å². The molecule has 1 aromatic carbocycles. The molecule has 1 aromatic rings. The van der Waals surface area contributed by atoms with E-state index in [1.807, 2.05) is 53.7 Å². The highest BCUT2D eigenvalue weighted by Crippen LogP contribution is 2.38. The first-order valence-electron chi connectivity index (χ1n) is 6.97. The maximum absolute atomic E-state index is 6.36. The van der Waals surface area contributed by atoms with Gasteiger partial charge in [-0.3, -0.25) is 0 Å². The Morgan fingerprint density at radius 2 is 1.70 bits per heavy atom. The second kappa shape index (κ2) is 5.25. The van der Waals surface area contributed by atoms with Gasteiger partial charge in [0, 0.05) is 5.46 Å². The molecule has 1 aliphatic heterocycles. The Morgan fingerprint density at radius 3 is 2.20 bits per heavy atom. The number of halogens is 1. The zero-order chi connectivity index (χ0) is 15.1. The number of aryl methyl sites for hydroxylation is 1. The molecule has 0 atom stereocenters. The van der Waals surface area contributed by atoms with E-state index in [-0.39, 0.29) is 11.2 Å². The van der Waals surface area contributed by atoms with Crippen LogP contribution in [0.2, 0.25) is 5.02 Å². The third-order valence-corrected chi connectivity index (χ3v) is 4.59. The van der Waals surface area contributed by atoms with Crippen LogP contribution < -0.4 is 10.2 Å². The molecule has 0 bridgehead atoms. The van der Waals surface area contributed by atoms with Gasteiger partial charge in [-0.25, -0.2) is 0 Å². The monoisotopic (exact) mass is 296 g/mol. The molecular weight excluding hydrogens is 274 g/mol. The normalized spacial score (nSPS) is 20.2. The zero-order valence-corrected chi connectivity index (χ0v) is 13.8. The molecule has 0 aromatic heterocycles. The number of hydrogen-bond acceptors (Lipinski definition) is 3. The molecule has 5 heteroatoms. The van der Waals surface area contributed by atoms with Gasteiger partial charge >= 0.3 is 7.12 Å². The van der Waals surface area contributed by atoms with E-state index in [1.165, 1.54) is 0 Å². The first kappa shape index (κ1) is 15.7. The topological polar surface area (TPSA) is 27.7 Å². The van der Waals surface area contributed by atoms with Crippen LogP contribution in [0.15, 0.2) is 12.1 Å². The predicted molar refractivity (Wildman–Crippen MR) is 83.1 cm³/mol. The van der Waals surface area contributed by atoms with Crippen molar-refractivity contribution in [2.24, 2.45) is 0 Å². The molecule has 1 heterocycles. The van der Waals surface area contributed by atoms with Gasteiger partial charge in [-0.1, -0.05) is 23.7 Å². The van der Waals surface area contributed by atoms with Gasteiger partial charge in [-0.2, -0.15) is 0 Å². The standard InChI is InChI=1S/C15H22BClO3/c1-7-18-13-11(9-8-10(2)12(13)17)16-19-14(3,4)15(5,6)20-16/h8-9H,7H2,1-6H3. The molecule has 1 aliphatic rings. The molecule has 0 aliphatic carbocycles. The summed E-state index contributed by atoms with van der Waals surface area (Å²) in [5.41, 5.74) is 1.08. The summed E-state index contributed by atoms with van der Waals surface area (Å²) in [6.45, 7) is 12.6. The highest BCUT2D eigenvalue weighted by Gasteiger charge is 2.52. The molecule has 110 valence electrons. The van der Waals surface area contributed by atoms with Crippen molar-refractivity contribution < 1.29 is 14.0 Å². The molecule has 1 saturated heterocycles. The molecule has 2 rings (SSSR count). The van der Waals surface area contributed by atoms with Crippen LogP contribution in [0.4, 0.5) is 0 Å². The van der Waals surface area contributed by atoms with Crippen molar-refractivity contribution in [2.45, 2.75) is 52.7 Å². The summed E-state index contributed by atoms with van der Waals surface area (Å²) in [6.07, 6.45) is 0. The SMILES string of the molecule is CCOc1c(B2OC(C)(C)C(C)(C)O2)ccc(C)c1Cl. The number of rotatable bonds is 3. The van der Waals surface area contributed by atoms with E-state index in [4.69, 9.17) is 25.6 Å². The van der Waals surface area contributed by atoms with E-state index in [2.05, 4.69) is 0 Å². The van der Waals surface area contributed by atoms with Crippen LogP contribution >= 0.6 is 11.6 Å². The van der Waals surface area contributed by atoms with Gasteiger partial charge in [0.05, 0.1) is 22.8 Å². The van der Waals surface area contributed by atoms with Crippen LogP contribution in [-0.2, 0) is 9.31 Å². The highest BCUT2D eigenvalue weighted by molar-refractivity contribution is 6.63. The third-order valence-electron chi connectivity index (χ3n) is 4.12. The van der Waals surface area contributed by atoms with E-state index in [0.717, 1.165) is 11.0 Å².